The third-order valence-electron chi connectivity index (χ3n) is 6.38. The highest BCUT2D eigenvalue weighted by molar-refractivity contribution is 7.92. The van der Waals surface area contributed by atoms with E-state index in [-0.39, 0.29) is 4.90 Å². The third-order valence-corrected chi connectivity index (χ3v) is 7.76. The molecule has 0 amide bonds. The molecule has 144 valence electrons. The molecule has 1 N–H and O–H groups in total. The van der Waals surface area contributed by atoms with E-state index in [0.717, 1.165) is 24.7 Å². The van der Waals surface area contributed by atoms with Crippen molar-refractivity contribution in [2.24, 2.45) is 11.3 Å². The maximum Gasteiger partial charge on any atom is 0.261 e. The summed E-state index contributed by atoms with van der Waals surface area (Å²) in [6.07, 6.45) is 6.46. The van der Waals surface area contributed by atoms with Crippen LogP contribution in [0.1, 0.15) is 39.0 Å². The molecule has 2 fully saturated rings. The Balaban J connectivity index is 1.60. The van der Waals surface area contributed by atoms with Gasteiger partial charge in [-0.2, -0.15) is 0 Å². The van der Waals surface area contributed by atoms with Crippen LogP contribution in [0.3, 0.4) is 0 Å². The van der Waals surface area contributed by atoms with Gasteiger partial charge in [-0.3, -0.25) is 4.72 Å². The van der Waals surface area contributed by atoms with Gasteiger partial charge in [0.15, 0.2) is 0 Å². The molecule has 1 heterocycles. The number of piperidine rings is 1. The number of nitrogens with zero attached hydrogens (tertiary/aromatic N) is 1. The van der Waals surface area contributed by atoms with E-state index in [1.807, 2.05) is 30.3 Å². The van der Waals surface area contributed by atoms with Crippen molar-refractivity contribution in [2.45, 2.75) is 43.9 Å². The van der Waals surface area contributed by atoms with E-state index in [2.05, 4.69) is 16.5 Å². The first-order valence-corrected chi connectivity index (χ1v) is 11.4. The van der Waals surface area contributed by atoms with Crippen LogP contribution in [0, 0.1) is 11.3 Å². The molecule has 1 saturated carbocycles. The molecule has 2 aromatic rings. The Hall–Kier alpha value is -2.01. The van der Waals surface area contributed by atoms with Crippen molar-refractivity contribution in [3.05, 3.63) is 54.6 Å². The Morgan fingerprint density at radius 1 is 1.00 bits per heavy atom. The quantitative estimate of drug-likeness (QED) is 0.816. The molecule has 0 bridgehead atoms. The lowest BCUT2D eigenvalue weighted by molar-refractivity contribution is 0.0939. The summed E-state index contributed by atoms with van der Waals surface area (Å²) in [5.41, 5.74) is 1.99. The summed E-state index contributed by atoms with van der Waals surface area (Å²) < 4.78 is 28.4. The van der Waals surface area contributed by atoms with Crippen molar-refractivity contribution >= 4 is 21.4 Å². The molecule has 2 aromatic carbocycles. The predicted molar refractivity (Wildman–Crippen MR) is 111 cm³/mol. The normalized spacial score (nSPS) is 25.7. The minimum atomic E-state index is -3.59. The van der Waals surface area contributed by atoms with Crippen LogP contribution < -0.4 is 9.62 Å². The Morgan fingerprint density at radius 2 is 1.74 bits per heavy atom. The minimum absolute atomic E-state index is 0.290. The molecule has 27 heavy (non-hydrogen) atoms. The first-order chi connectivity index (χ1) is 13.0. The van der Waals surface area contributed by atoms with Crippen LogP contribution in [0.5, 0.6) is 0 Å². The summed E-state index contributed by atoms with van der Waals surface area (Å²) in [7, 11) is -3.59. The Labute approximate surface area is 162 Å². The van der Waals surface area contributed by atoms with Crippen molar-refractivity contribution in [1.29, 1.82) is 0 Å². The Kier molecular flexibility index (Phi) is 4.89. The molecular weight excluding hydrogens is 356 g/mol. The number of benzene rings is 2. The van der Waals surface area contributed by atoms with Crippen LogP contribution in [-0.2, 0) is 10.0 Å². The monoisotopic (exact) mass is 384 g/mol. The molecule has 5 heteroatoms. The van der Waals surface area contributed by atoms with Crippen molar-refractivity contribution in [3.63, 3.8) is 0 Å². The van der Waals surface area contributed by atoms with Crippen molar-refractivity contribution in [1.82, 2.24) is 0 Å². The van der Waals surface area contributed by atoms with Gasteiger partial charge < -0.3 is 4.90 Å². The first-order valence-electron chi connectivity index (χ1n) is 9.90. The van der Waals surface area contributed by atoms with Gasteiger partial charge in [0.25, 0.3) is 10.0 Å². The van der Waals surface area contributed by atoms with Gasteiger partial charge in [0.1, 0.15) is 0 Å². The summed E-state index contributed by atoms with van der Waals surface area (Å²) in [6.45, 7) is 4.41. The maximum atomic E-state index is 12.8. The van der Waals surface area contributed by atoms with Crippen molar-refractivity contribution < 1.29 is 8.42 Å². The van der Waals surface area contributed by atoms with Gasteiger partial charge in [0.2, 0.25) is 0 Å². The fourth-order valence-corrected chi connectivity index (χ4v) is 5.94. The number of rotatable bonds is 4. The van der Waals surface area contributed by atoms with Gasteiger partial charge >= 0.3 is 0 Å². The average Bonchev–Trinajstić information content (AvgIpc) is 2.68. The van der Waals surface area contributed by atoms with E-state index in [4.69, 9.17) is 0 Å². The van der Waals surface area contributed by atoms with Crippen LogP contribution >= 0.6 is 0 Å². The van der Waals surface area contributed by atoms with E-state index >= 15 is 0 Å². The maximum absolute atomic E-state index is 12.8. The lowest BCUT2D eigenvalue weighted by atomic mass is 9.64. The predicted octanol–water partition coefficient (Wildman–Crippen LogP) is 4.89. The lowest BCUT2D eigenvalue weighted by Crippen LogP contribution is -2.48. The van der Waals surface area contributed by atoms with Gasteiger partial charge in [0, 0.05) is 13.1 Å². The minimum Gasteiger partial charge on any atom is -0.369 e. The third kappa shape index (κ3) is 3.70. The molecule has 0 radical (unpaired) electrons. The second-order valence-corrected chi connectivity index (χ2v) is 9.93. The Morgan fingerprint density at radius 3 is 2.56 bits per heavy atom. The summed E-state index contributed by atoms with van der Waals surface area (Å²) in [5, 5.41) is 0. The number of fused-ring (bicyclic) bond motifs is 1. The topological polar surface area (TPSA) is 49.4 Å². The van der Waals surface area contributed by atoms with Crippen LogP contribution in [0.25, 0.3) is 0 Å². The van der Waals surface area contributed by atoms with Gasteiger partial charge in [-0.05, 0) is 54.9 Å². The molecular formula is C22H28N2O2S. The molecule has 0 spiro atoms. The first kappa shape index (κ1) is 18.4. The summed E-state index contributed by atoms with van der Waals surface area (Å²) >= 11 is 0. The molecule has 0 aromatic heterocycles. The summed E-state index contributed by atoms with van der Waals surface area (Å²) in [4.78, 5) is 2.67. The fourth-order valence-electron chi connectivity index (χ4n) is 4.84. The molecule has 1 saturated heterocycles. The highest BCUT2D eigenvalue weighted by Gasteiger charge is 2.41. The van der Waals surface area contributed by atoms with E-state index in [0.29, 0.717) is 11.1 Å². The molecule has 2 atom stereocenters. The van der Waals surface area contributed by atoms with E-state index in [1.54, 1.807) is 24.3 Å². The zero-order valence-electron chi connectivity index (χ0n) is 15.9. The Bertz CT molecular complexity index is 898. The highest BCUT2D eigenvalue weighted by Crippen LogP contribution is 2.47. The summed E-state index contributed by atoms with van der Waals surface area (Å²) in [5.74, 6) is 0.802. The van der Waals surface area contributed by atoms with Crippen LogP contribution in [0.4, 0.5) is 11.4 Å². The highest BCUT2D eigenvalue weighted by atomic mass is 32.2. The van der Waals surface area contributed by atoms with E-state index in [9.17, 15) is 8.42 Å². The van der Waals surface area contributed by atoms with Crippen LogP contribution in [0.15, 0.2) is 59.5 Å². The molecule has 4 rings (SSSR count). The van der Waals surface area contributed by atoms with Crippen molar-refractivity contribution in [2.75, 3.05) is 22.7 Å². The second kappa shape index (κ2) is 7.19. The van der Waals surface area contributed by atoms with E-state index in [1.165, 1.54) is 32.1 Å². The number of sulfonamides is 1. The van der Waals surface area contributed by atoms with Gasteiger partial charge in [-0.15, -0.1) is 0 Å². The number of hydrogen-bond acceptors (Lipinski definition) is 3. The van der Waals surface area contributed by atoms with Crippen molar-refractivity contribution in [3.8, 4) is 0 Å². The smallest absolute Gasteiger partial charge is 0.261 e. The molecule has 2 aliphatic rings. The van der Waals surface area contributed by atoms with Gasteiger partial charge in [0.05, 0.1) is 16.3 Å². The van der Waals surface area contributed by atoms with Gasteiger partial charge in [-0.1, -0.05) is 50.1 Å². The van der Waals surface area contributed by atoms with E-state index < -0.39 is 10.0 Å². The largest absolute Gasteiger partial charge is 0.369 e. The lowest BCUT2D eigenvalue weighted by Gasteiger charge is -2.50. The standard InChI is InChI=1S/C22H28N2O2S/c1-22-15-8-7-9-18(22)14-16-24(17-22)21-13-6-5-12-20(21)23-27(25,26)19-10-3-2-4-11-19/h2-6,10-13,18,23H,7-9,14-17H2,1H3/t18-,22-/m0/s1. The number of nitrogens with one attached hydrogen (secondary N) is 1. The number of anilines is 2. The number of para-hydroxylation sites is 2. The molecule has 4 nitrogen and oxygen atoms in total. The molecule has 1 aliphatic heterocycles. The second-order valence-electron chi connectivity index (χ2n) is 8.24. The SMILES string of the molecule is C[C@@]12CCCC[C@H]1CCN(c1ccccc1NS(=O)(=O)c1ccccc1)C2. The molecule has 1 aliphatic carbocycles. The zero-order chi connectivity index (χ0) is 18.9. The number of hydrogen-bond donors (Lipinski definition) is 1. The zero-order valence-corrected chi connectivity index (χ0v) is 16.7. The van der Waals surface area contributed by atoms with Crippen LogP contribution in [0.2, 0.25) is 0 Å². The van der Waals surface area contributed by atoms with Crippen LogP contribution in [-0.4, -0.2) is 21.5 Å². The fraction of sp³-hybridized carbons (Fsp3) is 0.455. The summed E-state index contributed by atoms with van der Waals surface area (Å²) in [6, 6.07) is 16.3. The molecule has 0 unspecified atom stereocenters. The average molecular weight is 385 g/mol. The van der Waals surface area contributed by atoms with Gasteiger partial charge in [-0.25, -0.2) is 8.42 Å².